The van der Waals surface area contributed by atoms with E-state index in [1.807, 2.05) is 0 Å². The average molecular weight is 172 g/mol. The third kappa shape index (κ3) is 2.80. The van der Waals surface area contributed by atoms with Gasteiger partial charge in [-0.3, -0.25) is 0 Å². The smallest absolute Gasteiger partial charge is 0.223 e. The molecule has 0 N–H and O–H groups in total. The molecule has 0 saturated carbocycles. The average Bonchev–Trinajstić information content (AvgIpc) is 1.93. The summed E-state index contributed by atoms with van der Waals surface area (Å²) < 4.78 is 0. The van der Waals surface area contributed by atoms with Crippen LogP contribution in [0.25, 0.3) is 0 Å². The summed E-state index contributed by atoms with van der Waals surface area (Å²) in [4.78, 5) is 3.82. The van der Waals surface area contributed by atoms with Crippen molar-refractivity contribution in [1.82, 2.24) is 15.2 Å². The third-order valence-electron chi connectivity index (χ3n) is 1.20. The molecule has 0 saturated heterocycles. The van der Waals surface area contributed by atoms with Crippen LogP contribution in [0, 0.1) is 5.92 Å². The predicted molar refractivity (Wildman–Crippen MR) is 43.4 cm³/mol. The van der Waals surface area contributed by atoms with Crippen LogP contribution in [-0.2, 0) is 6.42 Å². The fourth-order valence-corrected chi connectivity index (χ4v) is 0.883. The number of aromatic nitrogens is 3. The Labute approximate surface area is 70.8 Å². The molecule has 0 spiro atoms. The van der Waals surface area contributed by atoms with Gasteiger partial charge in [0.1, 0.15) is 0 Å². The fraction of sp³-hybridized carbons (Fsp3) is 0.571. The molecule has 0 radical (unpaired) electrons. The minimum atomic E-state index is 0.206. The molecule has 0 atom stereocenters. The fourth-order valence-electron chi connectivity index (χ4n) is 0.797. The first kappa shape index (κ1) is 8.40. The Bertz CT molecular complexity index is 220. The molecule has 0 fully saturated rings. The van der Waals surface area contributed by atoms with Crippen molar-refractivity contribution in [2.24, 2.45) is 5.92 Å². The van der Waals surface area contributed by atoms with Crippen LogP contribution in [0.2, 0.25) is 5.28 Å². The number of hydrogen-bond donors (Lipinski definition) is 0. The van der Waals surface area contributed by atoms with Crippen LogP contribution in [0.15, 0.2) is 6.20 Å². The maximum absolute atomic E-state index is 5.46. The molecule has 4 heteroatoms. The van der Waals surface area contributed by atoms with E-state index in [0.29, 0.717) is 5.92 Å². The van der Waals surface area contributed by atoms with E-state index in [1.165, 1.54) is 0 Å². The van der Waals surface area contributed by atoms with Crippen LogP contribution in [0.1, 0.15) is 19.5 Å². The monoisotopic (exact) mass is 171 g/mol. The summed E-state index contributed by atoms with van der Waals surface area (Å²) in [6.45, 7) is 4.24. The van der Waals surface area contributed by atoms with E-state index in [-0.39, 0.29) is 5.28 Å². The summed E-state index contributed by atoms with van der Waals surface area (Å²) >= 11 is 5.46. The first-order valence-electron chi connectivity index (χ1n) is 3.52. The molecular formula is C7H10ClN3. The molecule has 0 amide bonds. The lowest BCUT2D eigenvalue weighted by Gasteiger charge is -2.00. The summed E-state index contributed by atoms with van der Waals surface area (Å²) in [5.41, 5.74) is 0.893. The van der Waals surface area contributed by atoms with Gasteiger partial charge in [0.25, 0.3) is 0 Å². The maximum atomic E-state index is 5.46. The van der Waals surface area contributed by atoms with Gasteiger partial charge in [0.2, 0.25) is 5.28 Å². The van der Waals surface area contributed by atoms with E-state index >= 15 is 0 Å². The van der Waals surface area contributed by atoms with Gasteiger partial charge < -0.3 is 0 Å². The largest absolute Gasteiger partial charge is 0.242 e. The van der Waals surface area contributed by atoms with E-state index in [4.69, 9.17) is 11.6 Å². The van der Waals surface area contributed by atoms with Crippen LogP contribution < -0.4 is 0 Å². The SMILES string of the molecule is CC(C)Cc1cnc(Cl)nn1. The topological polar surface area (TPSA) is 38.7 Å². The summed E-state index contributed by atoms with van der Waals surface area (Å²) in [7, 11) is 0. The molecule has 11 heavy (non-hydrogen) atoms. The molecule has 1 rings (SSSR count). The van der Waals surface area contributed by atoms with Gasteiger partial charge in [-0.1, -0.05) is 13.8 Å². The van der Waals surface area contributed by atoms with Gasteiger partial charge in [0.15, 0.2) is 0 Å². The van der Waals surface area contributed by atoms with Gasteiger partial charge in [-0.15, -0.1) is 5.10 Å². The Morgan fingerprint density at radius 3 is 2.64 bits per heavy atom. The highest BCUT2D eigenvalue weighted by Crippen LogP contribution is 2.03. The second-order valence-corrected chi connectivity index (χ2v) is 3.15. The third-order valence-corrected chi connectivity index (χ3v) is 1.37. The lowest BCUT2D eigenvalue weighted by molar-refractivity contribution is 0.624. The van der Waals surface area contributed by atoms with Crippen LogP contribution in [0.4, 0.5) is 0 Å². The molecule has 1 aromatic heterocycles. The molecule has 0 bridgehead atoms. The Kier molecular flexibility index (Phi) is 2.76. The summed E-state index contributed by atoms with van der Waals surface area (Å²) in [5, 5.41) is 7.72. The highest BCUT2D eigenvalue weighted by atomic mass is 35.5. The molecule has 1 heterocycles. The first-order chi connectivity index (χ1) is 5.18. The highest BCUT2D eigenvalue weighted by molar-refractivity contribution is 6.28. The minimum absolute atomic E-state index is 0.206. The van der Waals surface area contributed by atoms with Gasteiger partial charge in [-0.2, -0.15) is 5.10 Å². The van der Waals surface area contributed by atoms with E-state index < -0.39 is 0 Å². The van der Waals surface area contributed by atoms with Crippen molar-refractivity contribution in [2.45, 2.75) is 20.3 Å². The molecule has 1 aromatic rings. The van der Waals surface area contributed by atoms with Gasteiger partial charge in [-0.05, 0) is 23.9 Å². The summed E-state index contributed by atoms with van der Waals surface area (Å²) in [6.07, 6.45) is 2.56. The molecule has 0 aliphatic rings. The molecule has 0 aliphatic heterocycles. The summed E-state index contributed by atoms with van der Waals surface area (Å²) in [6, 6.07) is 0. The number of rotatable bonds is 2. The molecular weight excluding hydrogens is 162 g/mol. The van der Waals surface area contributed by atoms with Crippen molar-refractivity contribution < 1.29 is 0 Å². The van der Waals surface area contributed by atoms with Crippen molar-refractivity contribution in [3.8, 4) is 0 Å². The molecule has 0 unspecified atom stereocenters. The first-order valence-corrected chi connectivity index (χ1v) is 3.90. The van der Waals surface area contributed by atoms with Crippen LogP contribution in [-0.4, -0.2) is 15.2 Å². The normalized spacial score (nSPS) is 10.5. The lowest BCUT2D eigenvalue weighted by atomic mass is 10.1. The van der Waals surface area contributed by atoms with Gasteiger partial charge in [-0.25, -0.2) is 4.98 Å². The van der Waals surface area contributed by atoms with Gasteiger partial charge in [0, 0.05) is 0 Å². The Balaban J connectivity index is 2.66. The highest BCUT2D eigenvalue weighted by Gasteiger charge is 1.99. The number of nitrogens with zero attached hydrogens (tertiary/aromatic N) is 3. The maximum Gasteiger partial charge on any atom is 0.242 e. The van der Waals surface area contributed by atoms with Crippen molar-refractivity contribution in [2.75, 3.05) is 0 Å². The molecule has 0 aromatic carbocycles. The quantitative estimate of drug-likeness (QED) is 0.680. The van der Waals surface area contributed by atoms with E-state index in [0.717, 1.165) is 12.1 Å². The second kappa shape index (κ2) is 3.62. The standard InChI is InChI=1S/C7H10ClN3/c1-5(2)3-6-4-9-7(8)11-10-6/h4-5H,3H2,1-2H3. The van der Waals surface area contributed by atoms with E-state index in [9.17, 15) is 0 Å². The van der Waals surface area contributed by atoms with E-state index in [2.05, 4.69) is 29.0 Å². The second-order valence-electron chi connectivity index (χ2n) is 2.82. The van der Waals surface area contributed by atoms with Crippen molar-refractivity contribution in [3.63, 3.8) is 0 Å². The van der Waals surface area contributed by atoms with Crippen LogP contribution >= 0.6 is 11.6 Å². The van der Waals surface area contributed by atoms with Crippen LogP contribution in [0.5, 0.6) is 0 Å². The lowest BCUT2D eigenvalue weighted by Crippen LogP contribution is -1.99. The van der Waals surface area contributed by atoms with Crippen LogP contribution in [0.3, 0.4) is 0 Å². The zero-order chi connectivity index (χ0) is 8.27. The zero-order valence-corrected chi connectivity index (χ0v) is 7.34. The van der Waals surface area contributed by atoms with Crippen molar-refractivity contribution in [1.29, 1.82) is 0 Å². The van der Waals surface area contributed by atoms with Gasteiger partial charge >= 0.3 is 0 Å². The molecule has 3 nitrogen and oxygen atoms in total. The number of halogens is 1. The van der Waals surface area contributed by atoms with Gasteiger partial charge in [0.05, 0.1) is 11.9 Å². The zero-order valence-electron chi connectivity index (χ0n) is 6.58. The predicted octanol–water partition coefficient (Wildman–Crippen LogP) is 1.72. The van der Waals surface area contributed by atoms with Crippen molar-refractivity contribution in [3.05, 3.63) is 17.2 Å². The number of hydrogen-bond acceptors (Lipinski definition) is 3. The Morgan fingerprint density at radius 2 is 2.18 bits per heavy atom. The summed E-state index contributed by atoms with van der Waals surface area (Å²) in [5.74, 6) is 0.576. The Hall–Kier alpha value is -0.700. The minimum Gasteiger partial charge on any atom is -0.223 e. The van der Waals surface area contributed by atoms with E-state index in [1.54, 1.807) is 6.20 Å². The van der Waals surface area contributed by atoms with Crippen molar-refractivity contribution >= 4 is 11.6 Å². The Morgan fingerprint density at radius 1 is 1.45 bits per heavy atom. The molecule has 60 valence electrons. The molecule has 0 aliphatic carbocycles.